The van der Waals surface area contributed by atoms with Crippen LogP contribution < -0.4 is 10.2 Å². The molecule has 1 heterocycles. The van der Waals surface area contributed by atoms with Crippen LogP contribution in [0.1, 0.15) is 5.56 Å². The van der Waals surface area contributed by atoms with E-state index in [0.717, 1.165) is 17.3 Å². The van der Waals surface area contributed by atoms with Gasteiger partial charge in [-0.25, -0.2) is 9.38 Å². The molecule has 0 unspecified atom stereocenters. The number of carbonyl (C=O) groups is 2. The molecular weight excluding hydrogens is 413 g/mol. The SMILES string of the molecule is O=C(CSC1=NC(=Cc2ccccc2)C(=O)N1c1ccccc1)Nc1ccc(F)cc1. The van der Waals surface area contributed by atoms with Crippen molar-refractivity contribution < 1.29 is 14.0 Å². The summed E-state index contributed by atoms with van der Waals surface area (Å²) in [6.45, 7) is 0. The zero-order valence-electron chi connectivity index (χ0n) is 16.4. The van der Waals surface area contributed by atoms with E-state index in [0.29, 0.717) is 22.2 Å². The van der Waals surface area contributed by atoms with Gasteiger partial charge in [0, 0.05) is 5.69 Å². The predicted octanol–water partition coefficient (Wildman–Crippen LogP) is 4.94. The molecule has 3 aromatic carbocycles. The number of nitrogens with one attached hydrogen (secondary N) is 1. The van der Waals surface area contributed by atoms with Gasteiger partial charge in [-0.05, 0) is 48.0 Å². The van der Waals surface area contributed by atoms with Crippen LogP contribution in [-0.4, -0.2) is 22.7 Å². The highest BCUT2D eigenvalue weighted by Crippen LogP contribution is 2.29. The minimum absolute atomic E-state index is 0.0471. The molecule has 0 radical (unpaired) electrons. The number of amidine groups is 1. The Morgan fingerprint density at radius 2 is 1.61 bits per heavy atom. The zero-order chi connectivity index (χ0) is 21.6. The lowest BCUT2D eigenvalue weighted by Crippen LogP contribution is -2.31. The van der Waals surface area contributed by atoms with Crippen molar-refractivity contribution in [2.24, 2.45) is 4.99 Å². The molecule has 0 aliphatic carbocycles. The number of halogens is 1. The van der Waals surface area contributed by atoms with Gasteiger partial charge in [-0.3, -0.25) is 14.5 Å². The lowest BCUT2D eigenvalue weighted by molar-refractivity contribution is -0.114. The van der Waals surface area contributed by atoms with Crippen molar-refractivity contribution in [3.63, 3.8) is 0 Å². The molecule has 7 heteroatoms. The summed E-state index contributed by atoms with van der Waals surface area (Å²) in [5.74, 6) is -0.856. The molecule has 1 N–H and O–H groups in total. The molecule has 31 heavy (non-hydrogen) atoms. The van der Waals surface area contributed by atoms with Crippen molar-refractivity contribution in [3.8, 4) is 0 Å². The highest BCUT2D eigenvalue weighted by Gasteiger charge is 2.32. The van der Waals surface area contributed by atoms with E-state index in [9.17, 15) is 14.0 Å². The van der Waals surface area contributed by atoms with Crippen molar-refractivity contribution in [2.75, 3.05) is 16.0 Å². The summed E-state index contributed by atoms with van der Waals surface area (Å²) in [6.07, 6.45) is 1.73. The summed E-state index contributed by atoms with van der Waals surface area (Å²) in [5, 5.41) is 3.13. The van der Waals surface area contributed by atoms with Gasteiger partial charge in [0.05, 0.1) is 11.4 Å². The molecular formula is C24H18FN3O2S. The second kappa shape index (κ2) is 9.40. The van der Waals surface area contributed by atoms with E-state index in [1.807, 2.05) is 60.7 Å². The highest BCUT2D eigenvalue weighted by atomic mass is 32.2. The van der Waals surface area contributed by atoms with Gasteiger partial charge in [0.1, 0.15) is 11.5 Å². The Labute approximate surface area is 183 Å². The lowest BCUT2D eigenvalue weighted by Gasteiger charge is -2.17. The number of anilines is 2. The Morgan fingerprint density at radius 3 is 2.29 bits per heavy atom. The van der Waals surface area contributed by atoms with Gasteiger partial charge in [-0.2, -0.15) is 0 Å². The van der Waals surface area contributed by atoms with E-state index in [1.54, 1.807) is 6.08 Å². The van der Waals surface area contributed by atoms with Gasteiger partial charge in [0.15, 0.2) is 5.17 Å². The van der Waals surface area contributed by atoms with E-state index in [1.165, 1.54) is 29.2 Å². The summed E-state index contributed by atoms with van der Waals surface area (Å²) in [7, 11) is 0. The van der Waals surface area contributed by atoms with Crippen molar-refractivity contribution in [2.45, 2.75) is 0 Å². The first-order valence-electron chi connectivity index (χ1n) is 9.53. The molecule has 0 saturated heterocycles. The smallest absolute Gasteiger partial charge is 0.283 e. The van der Waals surface area contributed by atoms with E-state index >= 15 is 0 Å². The molecule has 0 fully saturated rings. The maximum atomic E-state index is 13.1. The summed E-state index contributed by atoms with van der Waals surface area (Å²) < 4.78 is 13.0. The van der Waals surface area contributed by atoms with Crippen LogP contribution >= 0.6 is 11.8 Å². The average molecular weight is 431 g/mol. The van der Waals surface area contributed by atoms with Gasteiger partial charge in [0.2, 0.25) is 5.91 Å². The quantitative estimate of drug-likeness (QED) is 0.582. The minimum Gasteiger partial charge on any atom is -0.325 e. The zero-order valence-corrected chi connectivity index (χ0v) is 17.2. The number of thioether (sulfide) groups is 1. The van der Waals surface area contributed by atoms with E-state index in [4.69, 9.17) is 0 Å². The number of hydrogen-bond donors (Lipinski definition) is 1. The molecule has 0 atom stereocenters. The minimum atomic E-state index is -0.373. The van der Waals surface area contributed by atoms with Crippen molar-refractivity contribution >= 4 is 46.2 Å². The third-order valence-corrected chi connectivity index (χ3v) is 5.35. The number of para-hydroxylation sites is 1. The maximum Gasteiger partial charge on any atom is 0.283 e. The molecule has 0 spiro atoms. The van der Waals surface area contributed by atoms with Crippen LogP contribution in [0.3, 0.4) is 0 Å². The van der Waals surface area contributed by atoms with Gasteiger partial charge in [0.25, 0.3) is 5.91 Å². The van der Waals surface area contributed by atoms with Crippen molar-refractivity contribution in [3.05, 3.63) is 102 Å². The standard InChI is InChI=1S/C24H18FN3O2S/c25-18-11-13-19(14-12-18)26-22(29)16-31-24-27-21(15-17-7-3-1-4-8-17)23(30)28(24)20-9-5-2-6-10-20/h1-15H,16H2,(H,26,29). The molecule has 1 aliphatic rings. The van der Waals surface area contributed by atoms with Gasteiger partial charge >= 0.3 is 0 Å². The molecule has 4 rings (SSSR count). The predicted molar refractivity (Wildman–Crippen MR) is 123 cm³/mol. The molecule has 2 amide bonds. The summed E-state index contributed by atoms with van der Waals surface area (Å²) in [6, 6.07) is 24.2. The lowest BCUT2D eigenvalue weighted by atomic mass is 10.2. The van der Waals surface area contributed by atoms with Crippen LogP contribution in [0.15, 0.2) is 95.6 Å². The first-order chi connectivity index (χ1) is 15.1. The number of rotatable bonds is 5. The van der Waals surface area contributed by atoms with Crippen molar-refractivity contribution in [1.82, 2.24) is 0 Å². The van der Waals surface area contributed by atoms with Gasteiger partial charge in [-0.15, -0.1) is 0 Å². The van der Waals surface area contributed by atoms with Crippen LogP contribution in [0.2, 0.25) is 0 Å². The summed E-state index contributed by atoms with van der Waals surface area (Å²) >= 11 is 1.16. The first kappa shape index (κ1) is 20.6. The van der Waals surface area contributed by atoms with Gasteiger partial charge < -0.3 is 5.32 Å². The fourth-order valence-corrected chi connectivity index (χ4v) is 3.78. The van der Waals surface area contributed by atoms with Crippen molar-refractivity contribution in [1.29, 1.82) is 0 Å². The van der Waals surface area contributed by atoms with E-state index < -0.39 is 0 Å². The summed E-state index contributed by atoms with van der Waals surface area (Å²) in [5.41, 5.74) is 2.34. The van der Waals surface area contributed by atoms with Crippen LogP contribution in [0.25, 0.3) is 6.08 Å². The Balaban J connectivity index is 1.53. The van der Waals surface area contributed by atoms with E-state index in [2.05, 4.69) is 10.3 Å². The topological polar surface area (TPSA) is 61.8 Å². The number of benzene rings is 3. The number of carbonyl (C=O) groups excluding carboxylic acids is 2. The fraction of sp³-hybridized carbons (Fsp3) is 0.0417. The van der Waals surface area contributed by atoms with E-state index in [-0.39, 0.29) is 23.4 Å². The number of aliphatic imine (C=N–C) groups is 1. The van der Waals surface area contributed by atoms with Gasteiger partial charge in [-0.1, -0.05) is 60.3 Å². The fourth-order valence-electron chi connectivity index (χ4n) is 2.97. The average Bonchev–Trinajstić information content (AvgIpc) is 3.10. The van der Waals surface area contributed by atoms with Crippen LogP contribution in [0.5, 0.6) is 0 Å². The molecule has 0 bridgehead atoms. The number of hydrogen-bond acceptors (Lipinski definition) is 4. The second-order valence-electron chi connectivity index (χ2n) is 6.65. The second-order valence-corrected chi connectivity index (χ2v) is 7.60. The first-order valence-corrected chi connectivity index (χ1v) is 10.5. The Bertz CT molecular complexity index is 1150. The van der Waals surface area contributed by atoms with Crippen LogP contribution in [0.4, 0.5) is 15.8 Å². The Morgan fingerprint density at radius 1 is 0.968 bits per heavy atom. The maximum absolute atomic E-state index is 13.1. The molecule has 154 valence electrons. The number of amides is 2. The molecule has 1 aliphatic heterocycles. The third kappa shape index (κ3) is 5.07. The molecule has 5 nitrogen and oxygen atoms in total. The molecule has 0 aromatic heterocycles. The monoisotopic (exact) mass is 431 g/mol. The molecule has 0 saturated carbocycles. The summed E-state index contributed by atoms with van der Waals surface area (Å²) in [4.78, 5) is 31.4. The largest absolute Gasteiger partial charge is 0.325 e. The number of nitrogens with zero attached hydrogens (tertiary/aromatic N) is 2. The van der Waals surface area contributed by atoms with Crippen LogP contribution in [-0.2, 0) is 9.59 Å². The normalized spacial score (nSPS) is 14.6. The Hall–Kier alpha value is -3.71. The van der Waals surface area contributed by atoms with Crippen LogP contribution in [0, 0.1) is 5.82 Å². The Kier molecular flexibility index (Phi) is 6.24. The third-order valence-electron chi connectivity index (χ3n) is 4.41. The molecule has 3 aromatic rings. The highest BCUT2D eigenvalue weighted by molar-refractivity contribution is 8.14.